The second-order valence-corrected chi connectivity index (χ2v) is 4.74. The fourth-order valence-electron chi connectivity index (χ4n) is 0.806. The lowest BCUT2D eigenvalue weighted by Crippen LogP contribution is -2.37. The molecule has 0 fully saturated rings. The molecule has 0 saturated carbocycles. The second kappa shape index (κ2) is 4.54. The van der Waals surface area contributed by atoms with E-state index in [1.54, 1.807) is 7.05 Å². The maximum atomic E-state index is 11.5. The molecule has 0 aliphatic carbocycles. The zero-order valence-corrected chi connectivity index (χ0v) is 8.93. The van der Waals surface area contributed by atoms with Crippen molar-refractivity contribution in [1.82, 2.24) is 20.2 Å². The van der Waals surface area contributed by atoms with Gasteiger partial charge in [-0.05, 0) is 14.0 Å². The van der Waals surface area contributed by atoms with Crippen LogP contribution >= 0.6 is 0 Å². The van der Waals surface area contributed by atoms with Crippen LogP contribution in [0, 0.1) is 0 Å². The molecule has 80 valence electrons. The van der Waals surface area contributed by atoms with Crippen LogP contribution in [0.5, 0.6) is 0 Å². The Morgan fingerprint density at radius 3 is 2.86 bits per heavy atom. The van der Waals surface area contributed by atoms with E-state index in [0.29, 0.717) is 6.54 Å². The number of hydrogen-bond acceptors (Lipinski definition) is 4. The second-order valence-electron chi connectivity index (χ2n) is 2.98. The number of rotatable bonds is 5. The zero-order chi connectivity index (χ0) is 10.6. The molecule has 0 spiro atoms. The summed E-state index contributed by atoms with van der Waals surface area (Å²) in [5, 5.41) is 8.96. The number of hydrogen-bond donors (Lipinski definition) is 3. The van der Waals surface area contributed by atoms with Crippen LogP contribution in [0.25, 0.3) is 0 Å². The van der Waals surface area contributed by atoms with Gasteiger partial charge in [-0.3, -0.25) is 5.10 Å². The average molecular weight is 218 g/mol. The molecule has 1 rings (SSSR count). The topological polar surface area (TPSA) is 86.9 Å². The van der Waals surface area contributed by atoms with Gasteiger partial charge >= 0.3 is 0 Å². The van der Waals surface area contributed by atoms with Crippen LogP contribution < -0.4 is 10.0 Å². The minimum Gasteiger partial charge on any atom is -0.316 e. The highest BCUT2D eigenvalue weighted by atomic mass is 32.2. The molecule has 0 aliphatic heterocycles. The lowest BCUT2D eigenvalue weighted by Gasteiger charge is -2.10. The van der Waals surface area contributed by atoms with Gasteiger partial charge < -0.3 is 5.32 Å². The van der Waals surface area contributed by atoms with E-state index in [4.69, 9.17) is 0 Å². The summed E-state index contributed by atoms with van der Waals surface area (Å²) in [4.78, 5) is 0.154. The summed E-state index contributed by atoms with van der Waals surface area (Å²) in [6.45, 7) is 2.24. The predicted molar refractivity (Wildman–Crippen MR) is 52.3 cm³/mol. The minimum atomic E-state index is -3.41. The van der Waals surface area contributed by atoms with Gasteiger partial charge in [0.1, 0.15) is 4.90 Å². The third kappa shape index (κ3) is 2.79. The van der Waals surface area contributed by atoms with Gasteiger partial charge in [-0.15, -0.1) is 0 Å². The molecule has 1 unspecified atom stereocenters. The van der Waals surface area contributed by atoms with E-state index >= 15 is 0 Å². The van der Waals surface area contributed by atoms with Gasteiger partial charge in [0.25, 0.3) is 0 Å². The highest BCUT2D eigenvalue weighted by Gasteiger charge is 2.15. The molecule has 0 aromatic carbocycles. The van der Waals surface area contributed by atoms with Gasteiger partial charge in [-0.2, -0.15) is 5.10 Å². The maximum absolute atomic E-state index is 11.5. The number of H-pyrrole nitrogens is 1. The Morgan fingerprint density at radius 2 is 2.36 bits per heavy atom. The molecule has 6 nitrogen and oxygen atoms in total. The molecule has 0 bridgehead atoms. The Labute approximate surface area is 83.1 Å². The van der Waals surface area contributed by atoms with Crippen molar-refractivity contribution in [3.05, 3.63) is 12.4 Å². The van der Waals surface area contributed by atoms with Crippen molar-refractivity contribution in [2.75, 3.05) is 13.6 Å². The number of nitrogens with one attached hydrogen (secondary N) is 3. The Hall–Kier alpha value is -0.920. The first-order chi connectivity index (χ1) is 6.56. The Morgan fingerprint density at radius 1 is 1.64 bits per heavy atom. The van der Waals surface area contributed by atoms with Crippen molar-refractivity contribution in [2.45, 2.75) is 17.9 Å². The first-order valence-corrected chi connectivity index (χ1v) is 5.70. The third-order valence-corrected chi connectivity index (χ3v) is 3.25. The van der Waals surface area contributed by atoms with Gasteiger partial charge in [0, 0.05) is 18.8 Å². The summed E-state index contributed by atoms with van der Waals surface area (Å²) in [7, 11) is -1.63. The standard InChI is InChI=1S/C7H14N4O2S/c1-6(8-2)3-11-14(12,13)7-4-9-10-5-7/h4-6,8,11H,3H2,1-2H3,(H,9,10). The summed E-state index contributed by atoms with van der Waals surface area (Å²) in [6, 6.07) is 0.0941. The number of likely N-dealkylation sites (N-methyl/N-ethyl adjacent to an activating group) is 1. The first kappa shape index (κ1) is 11.2. The molecule has 0 amide bonds. The summed E-state index contributed by atoms with van der Waals surface area (Å²) in [5.74, 6) is 0. The van der Waals surface area contributed by atoms with Crippen LogP contribution in [0.4, 0.5) is 0 Å². The SMILES string of the molecule is CNC(C)CNS(=O)(=O)c1cn[nH]c1. The van der Waals surface area contributed by atoms with Crippen LogP contribution in [-0.4, -0.2) is 38.2 Å². The number of sulfonamides is 1. The fraction of sp³-hybridized carbons (Fsp3) is 0.571. The number of aromatic amines is 1. The molecule has 3 N–H and O–H groups in total. The molecule has 14 heavy (non-hydrogen) atoms. The minimum absolute atomic E-state index is 0.0941. The van der Waals surface area contributed by atoms with Crippen molar-refractivity contribution in [2.24, 2.45) is 0 Å². The Bertz CT molecular complexity index is 359. The lowest BCUT2D eigenvalue weighted by molar-refractivity contribution is 0.554. The molecule has 1 heterocycles. The highest BCUT2D eigenvalue weighted by Crippen LogP contribution is 2.03. The van der Waals surface area contributed by atoms with E-state index in [-0.39, 0.29) is 10.9 Å². The molecule has 1 atom stereocenters. The highest BCUT2D eigenvalue weighted by molar-refractivity contribution is 7.89. The van der Waals surface area contributed by atoms with E-state index in [9.17, 15) is 8.42 Å². The summed E-state index contributed by atoms with van der Waals surface area (Å²) in [6.07, 6.45) is 2.61. The fourth-order valence-corrected chi connectivity index (χ4v) is 1.84. The molecular weight excluding hydrogens is 204 g/mol. The van der Waals surface area contributed by atoms with E-state index in [1.807, 2.05) is 6.92 Å². The van der Waals surface area contributed by atoms with Crippen molar-refractivity contribution < 1.29 is 8.42 Å². The molecule has 0 saturated heterocycles. The van der Waals surface area contributed by atoms with Gasteiger partial charge in [0.15, 0.2) is 0 Å². The van der Waals surface area contributed by atoms with Gasteiger partial charge in [-0.25, -0.2) is 13.1 Å². The number of aromatic nitrogens is 2. The van der Waals surface area contributed by atoms with E-state index in [0.717, 1.165) is 0 Å². The summed E-state index contributed by atoms with van der Waals surface area (Å²) < 4.78 is 25.5. The van der Waals surface area contributed by atoms with Gasteiger partial charge in [-0.1, -0.05) is 0 Å². The average Bonchev–Trinajstić information content (AvgIpc) is 2.67. The van der Waals surface area contributed by atoms with Crippen LogP contribution in [0.2, 0.25) is 0 Å². The quantitative estimate of drug-likeness (QED) is 0.609. The Balaban J connectivity index is 2.60. The van der Waals surface area contributed by atoms with E-state index in [2.05, 4.69) is 20.2 Å². The van der Waals surface area contributed by atoms with Crippen LogP contribution in [0.3, 0.4) is 0 Å². The van der Waals surface area contributed by atoms with Crippen molar-refractivity contribution in [1.29, 1.82) is 0 Å². The third-order valence-electron chi connectivity index (χ3n) is 1.86. The van der Waals surface area contributed by atoms with Crippen LogP contribution in [0.1, 0.15) is 6.92 Å². The van der Waals surface area contributed by atoms with Crippen LogP contribution in [0.15, 0.2) is 17.3 Å². The van der Waals surface area contributed by atoms with E-state index in [1.165, 1.54) is 12.4 Å². The lowest BCUT2D eigenvalue weighted by atomic mass is 10.4. The first-order valence-electron chi connectivity index (χ1n) is 4.22. The van der Waals surface area contributed by atoms with Crippen LogP contribution in [-0.2, 0) is 10.0 Å². The van der Waals surface area contributed by atoms with Crippen molar-refractivity contribution in [3.63, 3.8) is 0 Å². The molecule has 0 aliphatic rings. The molecular formula is C7H14N4O2S. The smallest absolute Gasteiger partial charge is 0.243 e. The van der Waals surface area contributed by atoms with Gasteiger partial charge in [0.05, 0.1) is 6.20 Å². The molecule has 1 aromatic rings. The Kier molecular flexibility index (Phi) is 3.62. The predicted octanol–water partition coefficient (Wildman–Crippen LogP) is -0.704. The summed E-state index contributed by atoms with van der Waals surface area (Å²) >= 11 is 0. The maximum Gasteiger partial charge on any atom is 0.243 e. The normalized spacial score (nSPS) is 14.1. The number of nitrogens with zero attached hydrogens (tertiary/aromatic N) is 1. The molecule has 0 radical (unpaired) electrons. The summed E-state index contributed by atoms with van der Waals surface area (Å²) in [5.41, 5.74) is 0. The van der Waals surface area contributed by atoms with Gasteiger partial charge in [0.2, 0.25) is 10.0 Å². The largest absolute Gasteiger partial charge is 0.316 e. The molecule has 7 heteroatoms. The van der Waals surface area contributed by atoms with Crippen molar-refractivity contribution in [3.8, 4) is 0 Å². The zero-order valence-electron chi connectivity index (χ0n) is 8.11. The monoisotopic (exact) mass is 218 g/mol. The van der Waals surface area contributed by atoms with Crippen molar-refractivity contribution >= 4 is 10.0 Å². The molecule has 1 aromatic heterocycles. The van der Waals surface area contributed by atoms with E-state index < -0.39 is 10.0 Å².